The van der Waals surface area contributed by atoms with Crippen LogP contribution < -0.4 is 5.32 Å². The largest absolute Gasteiger partial charge is 0.373 e. The van der Waals surface area contributed by atoms with Crippen molar-refractivity contribution in [2.24, 2.45) is 5.92 Å². The van der Waals surface area contributed by atoms with E-state index in [0.29, 0.717) is 6.42 Å². The standard InChI is InChI=1S/C22H41NO2/c1-2-3-4-5-6-7-8-9-10-11-12-13-14-15-16-17-18-20-19-21(24)23-22(20)25/h16-17,20,22,25H,2-15,18-19H2,1H3,(H,23,24). The molecule has 3 nitrogen and oxygen atoms in total. The van der Waals surface area contributed by atoms with Crippen LogP contribution in [0.2, 0.25) is 0 Å². The molecule has 1 saturated heterocycles. The zero-order valence-corrected chi connectivity index (χ0v) is 16.5. The molecule has 3 heteroatoms. The first-order chi connectivity index (χ1) is 12.2. The van der Waals surface area contributed by atoms with Crippen LogP contribution in [0, 0.1) is 5.92 Å². The monoisotopic (exact) mass is 351 g/mol. The zero-order valence-electron chi connectivity index (χ0n) is 16.5. The number of allylic oxidation sites excluding steroid dienone is 2. The van der Waals surface area contributed by atoms with Gasteiger partial charge in [0.05, 0.1) is 0 Å². The van der Waals surface area contributed by atoms with Crippen molar-refractivity contribution >= 4 is 5.91 Å². The van der Waals surface area contributed by atoms with Crippen LogP contribution >= 0.6 is 0 Å². The molecule has 2 unspecified atom stereocenters. The van der Waals surface area contributed by atoms with Gasteiger partial charge in [-0.15, -0.1) is 0 Å². The molecule has 0 bridgehead atoms. The van der Waals surface area contributed by atoms with Gasteiger partial charge in [-0.25, -0.2) is 0 Å². The first kappa shape index (κ1) is 22.2. The Balaban J connectivity index is 1.77. The van der Waals surface area contributed by atoms with Crippen LogP contribution in [0.4, 0.5) is 0 Å². The maximum atomic E-state index is 11.1. The third kappa shape index (κ3) is 12.2. The van der Waals surface area contributed by atoms with Crippen molar-refractivity contribution in [3.63, 3.8) is 0 Å². The van der Waals surface area contributed by atoms with E-state index in [1.165, 1.54) is 83.5 Å². The normalized spacial score (nSPS) is 20.5. The van der Waals surface area contributed by atoms with Gasteiger partial charge in [0.15, 0.2) is 0 Å². The van der Waals surface area contributed by atoms with Crippen LogP contribution in [0.1, 0.15) is 110 Å². The van der Waals surface area contributed by atoms with E-state index in [2.05, 4.69) is 24.4 Å². The molecule has 25 heavy (non-hydrogen) atoms. The summed E-state index contributed by atoms with van der Waals surface area (Å²) in [7, 11) is 0. The Morgan fingerprint density at radius 3 is 1.88 bits per heavy atom. The number of aliphatic hydroxyl groups excluding tert-OH is 1. The molecule has 0 spiro atoms. The number of carbonyl (C=O) groups excluding carboxylic acids is 1. The second-order valence-corrected chi connectivity index (χ2v) is 7.71. The smallest absolute Gasteiger partial charge is 0.222 e. The summed E-state index contributed by atoms with van der Waals surface area (Å²) in [5.74, 6) is 0.0396. The van der Waals surface area contributed by atoms with Crippen LogP contribution in [0.25, 0.3) is 0 Å². The van der Waals surface area contributed by atoms with Gasteiger partial charge < -0.3 is 10.4 Å². The number of hydrogen-bond donors (Lipinski definition) is 2. The van der Waals surface area contributed by atoms with Crippen LogP contribution in [-0.2, 0) is 4.79 Å². The number of amides is 1. The van der Waals surface area contributed by atoms with Crippen LogP contribution in [0.3, 0.4) is 0 Å². The van der Waals surface area contributed by atoms with Crippen molar-refractivity contribution in [2.45, 2.75) is 116 Å². The molecule has 1 rings (SSSR count). The second kappa shape index (κ2) is 15.4. The predicted molar refractivity (Wildman–Crippen MR) is 106 cm³/mol. The van der Waals surface area contributed by atoms with Crippen molar-refractivity contribution in [2.75, 3.05) is 0 Å². The second-order valence-electron chi connectivity index (χ2n) is 7.71. The topological polar surface area (TPSA) is 49.3 Å². The lowest BCUT2D eigenvalue weighted by molar-refractivity contribution is -0.120. The first-order valence-corrected chi connectivity index (χ1v) is 10.9. The summed E-state index contributed by atoms with van der Waals surface area (Å²) in [6, 6.07) is 0. The number of unbranched alkanes of at least 4 members (excludes halogenated alkanes) is 13. The fourth-order valence-corrected chi connectivity index (χ4v) is 3.57. The highest BCUT2D eigenvalue weighted by molar-refractivity contribution is 5.78. The molecule has 1 amide bonds. The molecule has 1 fully saturated rings. The van der Waals surface area contributed by atoms with E-state index in [1.54, 1.807) is 0 Å². The van der Waals surface area contributed by atoms with Crippen LogP contribution in [0.5, 0.6) is 0 Å². The van der Waals surface area contributed by atoms with E-state index in [0.717, 1.165) is 12.8 Å². The molecule has 0 radical (unpaired) electrons. The molecule has 146 valence electrons. The Bertz CT molecular complexity index is 354. The van der Waals surface area contributed by atoms with Crippen molar-refractivity contribution in [3.8, 4) is 0 Å². The van der Waals surface area contributed by atoms with Gasteiger partial charge in [-0.1, -0.05) is 96.1 Å². The summed E-state index contributed by atoms with van der Waals surface area (Å²) < 4.78 is 0. The maximum Gasteiger partial charge on any atom is 0.222 e. The van der Waals surface area contributed by atoms with Gasteiger partial charge in [0, 0.05) is 12.3 Å². The van der Waals surface area contributed by atoms with E-state index >= 15 is 0 Å². The average molecular weight is 352 g/mol. The van der Waals surface area contributed by atoms with E-state index < -0.39 is 6.23 Å². The number of rotatable bonds is 16. The van der Waals surface area contributed by atoms with E-state index in [4.69, 9.17) is 0 Å². The quantitative estimate of drug-likeness (QED) is 0.270. The third-order valence-corrected chi connectivity index (χ3v) is 5.28. The molecule has 0 saturated carbocycles. The predicted octanol–water partition coefficient (Wildman–Crippen LogP) is 5.87. The van der Waals surface area contributed by atoms with Gasteiger partial charge >= 0.3 is 0 Å². The van der Waals surface area contributed by atoms with Crippen molar-refractivity contribution in [1.82, 2.24) is 5.32 Å². The number of hydrogen-bond acceptors (Lipinski definition) is 2. The van der Waals surface area contributed by atoms with Gasteiger partial charge in [-0.3, -0.25) is 4.79 Å². The molecule has 2 atom stereocenters. The number of aliphatic hydroxyl groups is 1. The van der Waals surface area contributed by atoms with Gasteiger partial charge in [0.25, 0.3) is 0 Å². The third-order valence-electron chi connectivity index (χ3n) is 5.28. The van der Waals surface area contributed by atoms with Gasteiger partial charge in [-0.05, 0) is 19.3 Å². The van der Waals surface area contributed by atoms with E-state index in [1.807, 2.05) is 0 Å². The first-order valence-electron chi connectivity index (χ1n) is 10.9. The summed E-state index contributed by atoms with van der Waals surface area (Å²) in [4.78, 5) is 11.1. The Kier molecular flexibility index (Phi) is 13.7. The van der Waals surface area contributed by atoms with Crippen molar-refractivity contribution in [1.29, 1.82) is 0 Å². The zero-order chi connectivity index (χ0) is 18.2. The van der Waals surface area contributed by atoms with Gasteiger partial charge in [0.1, 0.15) is 6.23 Å². The molecule has 0 aliphatic carbocycles. The summed E-state index contributed by atoms with van der Waals surface area (Å²) in [5.41, 5.74) is 0. The average Bonchev–Trinajstić information content (AvgIpc) is 2.92. The molecule has 2 N–H and O–H groups in total. The summed E-state index contributed by atoms with van der Waals surface area (Å²) >= 11 is 0. The Labute approximate surface area is 155 Å². The summed E-state index contributed by atoms with van der Waals surface area (Å²) in [6.07, 6.45) is 24.2. The molecule has 1 heterocycles. The summed E-state index contributed by atoms with van der Waals surface area (Å²) in [6.45, 7) is 2.28. The van der Waals surface area contributed by atoms with Crippen LogP contribution in [-0.4, -0.2) is 17.2 Å². The number of carbonyl (C=O) groups is 1. The van der Waals surface area contributed by atoms with Crippen LogP contribution in [0.15, 0.2) is 12.2 Å². The lowest BCUT2D eigenvalue weighted by atomic mass is 10.0. The Hall–Kier alpha value is -0.830. The Morgan fingerprint density at radius 2 is 1.40 bits per heavy atom. The fraction of sp³-hybridized carbons (Fsp3) is 0.864. The van der Waals surface area contributed by atoms with Gasteiger partial charge in [0.2, 0.25) is 5.91 Å². The molecule has 0 aromatic heterocycles. The minimum Gasteiger partial charge on any atom is -0.373 e. The Morgan fingerprint density at radius 1 is 0.880 bits per heavy atom. The van der Waals surface area contributed by atoms with E-state index in [-0.39, 0.29) is 11.8 Å². The number of nitrogens with one attached hydrogen (secondary N) is 1. The fourth-order valence-electron chi connectivity index (χ4n) is 3.57. The molecule has 0 aromatic rings. The highest BCUT2D eigenvalue weighted by Crippen LogP contribution is 2.19. The molecular weight excluding hydrogens is 310 g/mol. The molecular formula is C22H41NO2. The molecule has 1 aliphatic rings. The maximum absolute atomic E-state index is 11.1. The van der Waals surface area contributed by atoms with Gasteiger partial charge in [-0.2, -0.15) is 0 Å². The highest BCUT2D eigenvalue weighted by Gasteiger charge is 2.29. The summed E-state index contributed by atoms with van der Waals surface area (Å²) in [5, 5.41) is 12.2. The SMILES string of the molecule is CCCCCCCCCCCCCCCC=CCC1CC(=O)NC1O. The van der Waals surface area contributed by atoms with Crippen molar-refractivity contribution in [3.05, 3.63) is 12.2 Å². The van der Waals surface area contributed by atoms with Crippen molar-refractivity contribution < 1.29 is 9.90 Å². The lowest BCUT2D eigenvalue weighted by Gasteiger charge is -2.09. The lowest BCUT2D eigenvalue weighted by Crippen LogP contribution is -2.27. The minimum atomic E-state index is -0.645. The highest BCUT2D eigenvalue weighted by atomic mass is 16.3. The molecule has 0 aromatic carbocycles. The minimum absolute atomic E-state index is 0.0256. The molecule has 1 aliphatic heterocycles. The van der Waals surface area contributed by atoms with E-state index in [9.17, 15) is 9.90 Å².